The number of ether oxygens (including phenoxy) is 2. The Morgan fingerprint density at radius 3 is 2.55 bits per heavy atom. The van der Waals surface area contributed by atoms with Crippen LogP contribution in [0, 0.1) is 23.2 Å². The van der Waals surface area contributed by atoms with Gasteiger partial charge in [-0.1, -0.05) is 13.8 Å². The number of aldehydes is 1. The van der Waals surface area contributed by atoms with E-state index in [-0.39, 0.29) is 23.0 Å². The minimum Gasteiger partial charge on any atom is -0.347 e. The van der Waals surface area contributed by atoms with Gasteiger partial charge in [0.25, 0.3) is 0 Å². The van der Waals surface area contributed by atoms with E-state index in [1.807, 2.05) is 0 Å². The van der Waals surface area contributed by atoms with Gasteiger partial charge in [-0.15, -0.1) is 0 Å². The van der Waals surface area contributed by atoms with Crippen LogP contribution < -0.4 is 0 Å². The first kappa shape index (κ1) is 14.2. The maximum absolute atomic E-state index is 12.7. The van der Waals surface area contributed by atoms with Gasteiger partial charge in [0.05, 0.1) is 19.1 Å². The fourth-order valence-corrected chi connectivity index (χ4v) is 4.85. The van der Waals surface area contributed by atoms with Gasteiger partial charge in [-0.2, -0.15) is 0 Å². The van der Waals surface area contributed by atoms with Gasteiger partial charge >= 0.3 is 0 Å². The molecule has 0 aromatic carbocycles. The number of carbonyl (C=O) groups is 2. The zero-order valence-corrected chi connectivity index (χ0v) is 12.4. The van der Waals surface area contributed by atoms with E-state index in [0.29, 0.717) is 19.6 Å². The normalized spacial score (nSPS) is 43.5. The molecular weight excluding hydrogens is 256 g/mol. The molecule has 4 heteroatoms. The first-order valence-corrected chi connectivity index (χ1v) is 7.85. The van der Waals surface area contributed by atoms with E-state index in [9.17, 15) is 9.59 Å². The molecule has 4 nitrogen and oxygen atoms in total. The molecule has 0 aromatic rings. The van der Waals surface area contributed by atoms with Crippen LogP contribution in [0.5, 0.6) is 0 Å². The Kier molecular flexibility index (Phi) is 3.49. The van der Waals surface area contributed by atoms with Crippen LogP contribution in [-0.2, 0) is 19.1 Å². The van der Waals surface area contributed by atoms with Crippen molar-refractivity contribution in [3.63, 3.8) is 0 Å². The monoisotopic (exact) mass is 280 g/mol. The number of hydrogen-bond acceptors (Lipinski definition) is 4. The number of ketones is 1. The van der Waals surface area contributed by atoms with Crippen molar-refractivity contribution in [2.75, 3.05) is 13.2 Å². The molecule has 1 spiro atoms. The van der Waals surface area contributed by atoms with E-state index in [4.69, 9.17) is 9.47 Å². The largest absolute Gasteiger partial charge is 0.347 e. The molecule has 112 valence electrons. The van der Waals surface area contributed by atoms with E-state index in [0.717, 1.165) is 32.0 Å². The average molecular weight is 280 g/mol. The van der Waals surface area contributed by atoms with Crippen molar-refractivity contribution in [1.82, 2.24) is 0 Å². The minimum atomic E-state index is -0.465. The molecule has 3 aliphatic rings. The van der Waals surface area contributed by atoms with Crippen LogP contribution in [0.3, 0.4) is 0 Å². The lowest BCUT2D eigenvalue weighted by molar-refractivity contribution is -0.248. The summed E-state index contributed by atoms with van der Waals surface area (Å²) in [5.74, 6) is -0.167. The summed E-state index contributed by atoms with van der Waals surface area (Å²) in [5, 5.41) is 0. The second kappa shape index (κ2) is 4.92. The Morgan fingerprint density at radius 2 is 1.95 bits per heavy atom. The van der Waals surface area contributed by atoms with E-state index in [1.54, 1.807) is 0 Å². The van der Waals surface area contributed by atoms with E-state index in [2.05, 4.69) is 13.8 Å². The molecular formula is C16H24O4. The van der Waals surface area contributed by atoms with Crippen LogP contribution >= 0.6 is 0 Å². The molecule has 3 rings (SSSR count). The summed E-state index contributed by atoms with van der Waals surface area (Å²) >= 11 is 0. The molecule has 2 saturated carbocycles. The Labute approximate surface area is 120 Å². The van der Waals surface area contributed by atoms with Crippen LogP contribution in [-0.4, -0.2) is 31.1 Å². The van der Waals surface area contributed by atoms with E-state index >= 15 is 0 Å². The highest BCUT2D eigenvalue weighted by molar-refractivity contribution is 5.97. The fourth-order valence-electron chi connectivity index (χ4n) is 4.85. The average Bonchev–Trinajstić information content (AvgIpc) is 2.91. The summed E-state index contributed by atoms with van der Waals surface area (Å²) in [4.78, 5) is 23.8. The van der Waals surface area contributed by atoms with Gasteiger partial charge in [0.1, 0.15) is 12.1 Å². The molecule has 1 unspecified atom stereocenters. The molecule has 0 N–H and O–H groups in total. The number of fused-ring (bicyclic) bond motifs is 1. The maximum atomic E-state index is 12.7. The third-order valence-electron chi connectivity index (χ3n) is 5.93. The lowest BCUT2D eigenvalue weighted by Gasteiger charge is -2.54. The first-order valence-electron chi connectivity index (χ1n) is 7.85. The predicted octanol–water partition coefficient (Wildman–Crippen LogP) is 2.35. The molecule has 0 bridgehead atoms. The van der Waals surface area contributed by atoms with Crippen LogP contribution in [0.15, 0.2) is 0 Å². The minimum absolute atomic E-state index is 0.148. The van der Waals surface area contributed by atoms with Crippen molar-refractivity contribution in [1.29, 1.82) is 0 Å². The molecule has 3 fully saturated rings. The van der Waals surface area contributed by atoms with Gasteiger partial charge in [0.15, 0.2) is 5.79 Å². The predicted molar refractivity (Wildman–Crippen MR) is 73.0 cm³/mol. The van der Waals surface area contributed by atoms with E-state index in [1.165, 1.54) is 0 Å². The Bertz CT molecular complexity index is 413. The zero-order chi connectivity index (χ0) is 14.4. The Balaban J connectivity index is 1.92. The van der Waals surface area contributed by atoms with Crippen molar-refractivity contribution in [3.05, 3.63) is 0 Å². The Hall–Kier alpha value is -0.740. The van der Waals surface area contributed by atoms with Crippen LogP contribution in [0.25, 0.3) is 0 Å². The summed E-state index contributed by atoms with van der Waals surface area (Å²) in [7, 11) is 0. The summed E-state index contributed by atoms with van der Waals surface area (Å²) < 4.78 is 11.9. The van der Waals surface area contributed by atoms with Crippen molar-refractivity contribution in [2.24, 2.45) is 23.2 Å². The standard InChI is InChI=1S/C16H24O4/c1-3-12-13-5-4-11(10-17)14(18)15(13,2)6-7-16(12)19-8-9-20-16/h10-13H,3-9H2,1-2H3/t11?,12-,13-,15-/m0/s1. The number of hydrogen-bond donors (Lipinski definition) is 0. The summed E-state index contributed by atoms with van der Waals surface area (Å²) in [6.07, 6.45) is 4.97. The first-order chi connectivity index (χ1) is 9.57. The Morgan fingerprint density at radius 1 is 1.25 bits per heavy atom. The summed E-state index contributed by atoms with van der Waals surface area (Å²) in [6, 6.07) is 0. The highest BCUT2D eigenvalue weighted by Gasteiger charge is 2.60. The summed E-state index contributed by atoms with van der Waals surface area (Å²) in [5.41, 5.74) is -0.370. The van der Waals surface area contributed by atoms with Crippen molar-refractivity contribution in [3.8, 4) is 0 Å². The second-order valence-corrected chi connectivity index (χ2v) is 6.73. The lowest BCUT2D eigenvalue weighted by atomic mass is 9.52. The van der Waals surface area contributed by atoms with Crippen molar-refractivity contribution < 1.29 is 19.1 Å². The number of carbonyl (C=O) groups excluding carboxylic acids is 2. The zero-order valence-electron chi connectivity index (χ0n) is 12.4. The van der Waals surface area contributed by atoms with Gasteiger partial charge < -0.3 is 14.3 Å². The second-order valence-electron chi connectivity index (χ2n) is 6.73. The van der Waals surface area contributed by atoms with Crippen LogP contribution in [0.1, 0.15) is 46.0 Å². The maximum Gasteiger partial charge on any atom is 0.171 e. The SMILES string of the molecule is CC[C@H]1[C@@H]2CCC(C=O)C(=O)[C@@]2(C)CCC12OCCO2. The molecule has 1 aliphatic heterocycles. The van der Waals surface area contributed by atoms with Gasteiger partial charge in [0.2, 0.25) is 0 Å². The molecule has 1 heterocycles. The van der Waals surface area contributed by atoms with Gasteiger partial charge in [0, 0.05) is 17.8 Å². The van der Waals surface area contributed by atoms with E-state index < -0.39 is 11.7 Å². The third-order valence-corrected chi connectivity index (χ3v) is 5.93. The topological polar surface area (TPSA) is 52.6 Å². The van der Waals surface area contributed by atoms with Crippen LogP contribution in [0.4, 0.5) is 0 Å². The molecule has 0 radical (unpaired) electrons. The van der Waals surface area contributed by atoms with Gasteiger partial charge in [-0.25, -0.2) is 0 Å². The van der Waals surface area contributed by atoms with Gasteiger partial charge in [-0.05, 0) is 31.6 Å². The highest BCUT2D eigenvalue weighted by Crippen LogP contribution is 2.57. The fraction of sp³-hybridized carbons (Fsp3) is 0.875. The van der Waals surface area contributed by atoms with Gasteiger partial charge in [-0.3, -0.25) is 4.79 Å². The van der Waals surface area contributed by atoms with Crippen LogP contribution in [0.2, 0.25) is 0 Å². The lowest BCUT2D eigenvalue weighted by Crippen LogP contribution is -2.58. The molecule has 0 amide bonds. The number of Topliss-reactive ketones (excluding diaryl/α,β-unsaturated/α-hetero) is 1. The number of rotatable bonds is 2. The molecule has 20 heavy (non-hydrogen) atoms. The molecule has 4 atom stereocenters. The summed E-state index contributed by atoms with van der Waals surface area (Å²) in [6.45, 7) is 5.52. The third kappa shape index (κ3) is 1.81. The van der Waals surface area contributed by atoms with Crippen molar-refractivity contribution >= 4 is 12.1 Å². The van der Waals surface area contributed by atoms with Crippen molar-refractivity contribution in [2.45, 2.75) is 51.7 Å². The molecule has 1 saturated heterocycles. The molecule has 0 aromatic heterocycles. The quantitative estimate of drug-likeness (QED) is 0.575. The highest BCUT2D eigenvalue weighted by atomic mass is 16.7. The smallest absolute Gasteiger partial charge is 0.171 e. The molecule has 2 aliphatic carbocycles.